The first kappa shape index (κ1) is 15.3. The highest BCUT2D eigenvalue weighted by atomic mass is 32.2. The molecule has 1 saturated carbocycles. The summed E-state index contributed by atoms with van der Waals surface area (Å²) in [4.78, 5) is 0.352. The summed E-state index contributed by atoms with van der Waals surface area (Å²) in [5, 5.41) is 0. The Kier molecular flexibility index (Phi) is 4.39. The maximum atomic E-state index is 12.5. The number of rotatable bonds is 6. The van der Waals surface area contributed by atoms with Gasteiger partial charge in [-0.05, 0) is 54.4 Å². The summed E-state index contributed by atoms with van der Waals surface area (Å²) < 4.78 is 27.7. The standard InChI is InChI=1S/C15H24N2O2S/c1-4-11-7-14(16)13(5-2)15(8-11)20(18,19)17-9-12-6-10(12)3/h7-8,10,12,17H,4-6,9,16H2,1-3H3. The van der Waals surface area contributed by atoms with E-state index >= 15 is 0 Å². The van der Waals surface area contributed by atoms with Crippen LogP contribution in [0.4, 0.5) is 5.69 Å². The van der Waals surface area contributed by atoms with Gasteiger partial charge in [0.15, 0.2) is 0 Å². The Bertz CT molecular complexity index is 596. The molecule has 1 fully saturated rings. The molecular weight excluding hydrogens is 272 g/mol. The van der Waals surface area contributed by atoms with Gasteiger partial charge in [0.25, 0.3) is 0 Å². The smallest absolute Gasteiger partial charge is 0.240 e. The lowest BCUT2D eigenvalue weighted by molar-refractivity contribution is 0.573. The molecule has 1 aromatic rings. The monoisotopic (exact) mass is 296 g/mol. The highest BCUT2D eigenvalue weighted by Gasteiger charge is 2.33. The van der Waals surface area contributed by atoms with Crippen LogP contribution in [0.15, 0.2) is 17.0 Å². The summed E-state index contributed by atoms with van der Waals surface area (Å²) in [6.07, 6.45) is 2.50. The first-order chi connectivity index (χ1) is 9.39. The van der Waals surface area contributed by atoms with Gasteiger partial charge in [-0.3, -0.25) is 0 Å². The van der Waals surface area contributed by atoms with Crippen molar-refractivity contribution >= 4 is 15.7 Å². The van der Waals surface area contributed by atoms with Gasteiger partial charge in [0.2, 0.25) is 10.0 Å². The average Bonchev–Trinajstić information content (AvgIpc) is 3.11. The molecule has 1 aromatic carbocycles. The number of benzene rings is 1. The van der Waals surface area contributed by atoms with Gasteiger partial charge >= 0.3 is 0 Å². The summed E-state index contributed by atoms with van der Waals surface area (Å²) in [5.41, 5.74) is 8.26. The molecular formula is C15H24N2O2S. The Morgan fingerprint density at radius 2 is 1.95 bits per heavy atom. The van der Waals surface area contributed by atoms with E-state index in [1.165, 1.54) is 0 Å². The molecule has 3 N–H and O–H groups in total. The number of nitrogens with two attached hydrogens (primary N) is 1. The van der Waals surface area contributed by atoms with E-state index in [0.717, 1.165) is 24.0 Å². The van der Waals surface area contributed by atoms with Gasteiger partial charge < -0.3 is 5.73 Å². The van der Waals surface area contributed by atoms with Gasteiger partial charge in [0.05, 0.1) is 4.90 Å². The van der Waals surface area contributed by atoms with Gasteiger partial charge in [0.1, 0.15) is 0 Å². The summed E-state index contributed by atoms with van der Waals surface area (Å²) in [6.45, 7) is 6.60. The lowest BCUT2D eigenvalue weighted by Gasteiger charge is -2.14. The zero-order chi connectivity index (χ0) is 14.9. The van der Waals surface area contributed by atoms with Crippen LogP contribution in [0.25, 0.3) is 0 Å². The number of anilines is 1. The Morgan fingerprint density at radius 1 is 1.30 bits per heavy atom. The van der Waals surface area contributed by atoms with Crippen LogP contribution in [0.5, 0.6) is 0 Å². The third kappa shape index (κ3) is 3.15. The molecule has 4 nitrogen and oxygen atoms in total. The molecule has 20 heavy (non-hydrogen) atoms. The van der Waals surface area contributed by atoms with E-state index in [4.69, 9.17) is 5.73 Å². The van der Waals surface area contributed by atoms with E-state index < -0.39 is 10.0 Å². The second-order valence-corrected chi connectivity index (χ2v) is 7.43. The molecule has 0 spiro atoms. The molecule has 0 heterocycles. The molecule has 0 radical (unpaired) electrons. The highest BCUT2D eigenvalue weighted by molar-refractivity contribution is 7.89. The number of nitrogens with one attached hydrogen (secondary N) is 1. The summed E-state index contributed by atoms with van der Waals surface area (Å²) in [7, 11) is -3.47. The second-order valence-electron chi connectivity index (χ2n) is 5.69. The number of hydrogen-bond donors (Lipinski definition) is 2. The molecule has 1 aliphatic carbocycles. The van der Waals surface area contributed by atoms with Crippen molar-refractivity contribution in [3.05, 3.63) is 23.3 Å². The zero-order valence-electron chi connectivity index (χ0n) is 12.4. The summed E-state index contributed by atoms with van der Waals surface area (Å²) in [6, 6.07) is 3.63. The van der Waals surface area contributed by atoms with Crippen molar-refractivity contribution in [1.82, 2.24) is 4.72 Å². The Hall–Kier alpha value is -1.07. The fourth-order valence-corrected chi connectivity index (χ4v) is 4.01. The van der Waals surface area contributed by atoms with Crippen molar-refractivity contribution in [3.63, 3.8) is 0 Å². The number of sulfonamides is 1. The van der Waals surface area contributed by atoms with E-state index in [0.29, 0.717) is 35.4 Å². The molecule has 0 saturated heterocycles. The largest absolute Gasteiger partial charge is 0.398 e. The normalized spacial score (nSPS) is 21.9. The van der Waals surface area contributed by atoms with Crippen molar-refractivity contribution in [1.29, 1.82) is 0 Å². The third-order valence-electron chi connectivity index (χ3n) is 4.17. The van der Waals surface area contributed by atoms with Crippen LogP contribution in [0.2, 0.25) is 0 Å². The molecule has 0 bridgehead atoms. The third-order valence-corrected chi connectivity index (χ3v) is 5.66. The first-order valence-corrected chi connectivity index (χ1v) is 8.78. The Balaban J connectivity index is 2.31. The molecule has 1 aliphatic rings. The quantitative estimate of drug-likeness (QED) is 0.791. The van der Waals surface area contributed by atoms with Crippen LogP contribution in [-0.2, 0) is 22.9 Å². The Morgan fingerprint density at radius 3 is 2.45 bits per heavy atom. The van der Waals surface area contributed by atoms with Gasteiger partial charge in [-0.25, -0.2) is 13.1 Å². The summed E-state index contributed by atoms with van der Waals surface area (Å²) >= 11 is 0. The minimum absolute atomic E-state index is 0.352. The minimum Gasteiger partial charge on any atom is -0.398 e. The highest BCUT2D eigenvalue weighted by Crippen LogP contribution is 2.37. The van der Waals surface area contributed by atoms with Gasteiger partial charge in [0, 0.05) is 12.2 Å². The number of nitrogen functional groups attached to an aromatic ring is 1. The van der Waals surface area contributed by atoms with E-state index in [2.05, 4.69) is 11.6 Å². The van der Waals surface area contributed by atoms with Crippen LogP contribution in [0.3, 0.4) is 0 Å². The van der Waals surface area contributed by atoms with Crippen LogP contribution in [-0.4, -0.2) is 15.0 Å². The predicted octanol–water partition coefficient (Wildman–Crippen LogP) is 2.33. The molecule has 0 aliphatic heterocycles. The van der Waals surface area contributed by atoms with E-state index in [-0.39, 0.29) is 0 Å². The molecule has 0 aromatic heterocycles. The van der Waals surface area contributed by atoms with Crippen molar-refractivity contribution in [3.8, 4) is 0 Å². The lowest BCUT2D eigenvalue weighted by Crippen LogP contribution is -2.27. The lowest BCUT2D eigenvalue weighted by atomic mass is 10.1. The van der Waals surface area contributed by atoms with E-state index in [9.17, 15) is 8.42 Å². The molecule has 2 atom stereocenters. The molecule has 2 unspecified atom stereocenters. The van der Waals surface area contributed by atoms with E-state index in [1.54, 1.807) is 6.07 Å². The molecule has 2 rings (SSSR count). The topological polar surface area (TPSA) is 72.2 Å². The van der Waals surface area contributed by atoms with Gasteiger partial charge in [-0.2, -0.15) is 0 Å². The molecule has 5 heteroatoms. The fraction of sp³-hybridized carbons (Fsp3) is 0.600. The number of aryl methyl sites for hydroxylation is 1. The van der Waals surface area contributed by atoms with Crippen LogP contribution in [0.1, 0.15) is 38.3 Å². The average molecular weight is 296 g/mol. The Labute approximate surface area is 121 Å². The van der Waals surface area contributed by atoms with Crippen LogP contribution in [0, 0.1) is 11.8 Å². The van der Waals surface area contributed by atoms with Crippen molar-refractivity contribution in [2.75, 3.05) is 12.3 Å². The zero-order valence-corrected chi connectivity index (χ0v) is 13.3. The fourth-order valence-electron chi connectivity index (χ4n) is 2.53. The van der Waals surface area contributed by atoms with Gasteiger partial charge in [-0.1, -0.05) is 20.8 Å². The predicted molar refractivity (Wildman–Crippen MR) is 82.1 cm³/mol. The molecule has 0 amide bonds. The van der Waals surface area contributed by atoms with Crippen molar-refractivity contribution < 1.29 is 8.42 Å². The number of hydrogen-bond acceptors (Lipinski definition) is 3. The van der Waals surface area contributed by atoms with E-state index in [1.807, 2.05) is 19.9 Å². The SMILES string of the molecule is CCc1cc(N)c(CC)c(S(=O)(=O)NCC2CC2C)c1. The maximum Gasteiger partial charge on any atom is 0.240 e. The van der Waals surface area contributed by atoms with Crippen molar-refractivity contribution in [2.45, 2.75) is 44.9 Å². The van der Waals surface area contributed by atoms with Crippen LogP contribution >= 0.6 is 0 Å². The minimum atomic E-state index is -3.47. The summed E-state index contributed by atoms with van der Waals surface area (Å²) in [5.74, 6) is 1.12. The molecule has 112 valence electrons. The first-order valence-electron chi connectivity index (χ1n) is 7.30. The van der Waals surface area contributed by atoms with Crippen LogP contribution < -0.4 is 10.5 Å². The van der Waals surface area contributed by atoms with Gasteiger partial charge in [-0.15, -0.1) is 0 Å². The second kappa shape index (κ2) is 5.74. The maximum absolute atomic E-state index is 12.5. The van der Waals surface area contributed by atoms with Crippen molar-refractivity contribution in [2.24, 2.45) is 11.8 Å².